The Morgan fingerprint density at radius 2 is 2.21 bits per heavy atom. The molecule has 3 N–H and O–H groups in total. The van der Waals surface area contributed by atoms with E-state index >= 15 is 0 Å². The number of carbonyl (C=O) groups is 1. The van der Waals surface area contributed by atoms with Crippen LogP contribution in [0, 0.1) is 3.57 Å². The fourth-order valence-electron chi connectivity index (χ4n) is 0.848. The highest BCUT2D eigenvalue weighted by Gasteiger charge is 2.10. The second kappa shape index (κ2) is 4.61. The average Bonchev–Trinajstić information content (AvgIpc) is 2.09. The Labute approximate surface area is 95.1 Å². The summed E-state index contributed by atoms with van der Waals surface area (Å²) in [4.78, 5) is 11.1. The number of phenolic OH excluding ortho intramolecular Hbond substituents is 1. The van der Waals surface area contributed by atoms with Crippen LogP contribution < -0.4 is 5.32 Å². The molecule has 1 amide bonds. The van der Waals surface area contributed by atoms with Crippen molar-refractivity contribution in [3.63, 3.8) is 0 Å². The number of aliphatic hydroxyl groups excluding tert-OH is 1. The number of aromatic hydroxyl groups is 1. The summed E-state index contributed by atoms with van der Waals surface area (Å²) in [5.74, 6) is -0.549. The average molecular weight is 307 g/mol. The van der Waals surface area contributed by atoms with Gasteiger partial charge in [0.05, 0.1) is 5.69 Å². The lowest BCUT2D eigenvalue weighted by Gasteiger charge is -2.08. The van der Waals surface area contributed by atoms with Crippen molar-refractivity contribution < 1.29 is 15.0 Å². The molecule has 4 nitrogen and oxygen atoms in total. The summed E-state index contributed by atoms with van der Waals surface area (Å²) < 4.78 is 0.871. The molecule has 0 saturated heterocycles. The molecule has 14 heavy (non-hydrogen) atoms. The smallest absolute Gasteiger partial charge is 0.253 e. The van der Waals surface area contributed by atoms with Gasteiger partial charge in [-0.15, -0.1) is 0 Å². The van der Waals surface area contributed by atoms with Crippen LogP contribution in [0.25, 0.3) is 0 Å². The molecule has 0 bridgehead atoms. The van der Waals surface area contributed by atoms with E-state index in [2.05, 4.69) is 5.32 Å². The van der Waals surface area contributed by atoms with E-state index in [9.17, 15) is 9.90 Å². The largest absolute Gasteiger partial charge is 0.506 e. The molecule has 0 unspecified atom stereocenters. The highest BCUT2D eigenvalue weighted by Crippen LogP contribution is 2.24. The number of hydrogen-bond acceptors (Lipinski definition) is 3. The number of phenols is 1. The topological polar surface area (TPSA) is 69.6 Å². The molecule has 1 atom stereocenters. The van der Waals surface area contributed by atoms with Gasteiger partial charge in [-0.3, -0.25) is 4.79 Å². The van der Waals surface area contributed by atoms with Crippen LogP contribution in [0.2, 0.25) is 0 Å². The maximum absolute atomic E-state index is 11.1. The van der Waals surface area contributed by atoms with Crippen LogP contribution in [-0.4, -0.2) is 22.2 Å². The number of nitrogens with one attached hydrogen (secondary N) is 1. The number of anilines is 1. The Kier molecular flexibility index (Phi) is 3.70. The SMILES string of the molecule is C[C@@H](O)C(=O)Nc1ccc(I)cc1O. The van der Waals surface area contributed by atoms with Gasteiger partial charge in [0.25, 0.3) is 5.91 Å². The Morgan fingerprint density at radius 3 is 2.71 bits per heavy atom. The molecule has 0 spiro atoms. The third-order valence-electron chi connectivity index (χ3n) is 1.60. The molecule has 0 aliphatic heterocycles. The van der Waals surface area contributed by atoms with Crippen LogP contribution in [0.4, 0.5) is 5.69 Å². The number of amides is 1. The maximum atomic E-state index is 11.1. The lowest BCUT2D eigenvalue weighted by molar-refractivity contribution is -0.123. The number of halogens is 1. The number of carbonyl (C=O) groups excluding carboxylic acids is 1. The molecule has 1 aromatic carbocycles. The van der Waals surface area contributed by atoms with Crippen molar-refractivity contribution in [2.75, 3.05) is 5.32 Å². The first kappa shape index (κ1) is 11.3. The van der Waals surface area contributed by atoms with E-state index < -0.39 is 12.0 Å². The first-order valence-electron chi connectivity index (χ1n) is 3.98. The zero-order valence-corrected chi connectivity index (χ0v) is 9.65. The monoisotopic (exact) mass is 307 g/mol. The van der Waals surface area contributed by atoms with Crippen LogP contribution in [0.3, 0.4) is 0 Å². The highest BCUT2D eigenvalue weighted by atomic mass is 127. The Bertz CT molecular complexity index is 352. The van der Waals surface area contributed by atoms with Crippen LogP contribution >= 0.6 is 22.6 Å². The summed E-state index contributed by atoms with van der Waals surface area (Å²) in [6, 6.07) is 4.85. The zero-order valence-electron chi connectivity index (χ0n) is 7.49. The van der Waals surface area contributed by atoms with E-state index in [0.29, 0.717) is 5.69 Å². The van der Waals surface area contributed by atoms with Crippen molar-refractivity contribution in [3.05, 3.63) is 21.8 Å². The third-order valence-corrected chi connectivity index (χ3v) is 2.27. The lowest BCUT2D eigenvalue weighted by atomic mass is 10.3. The molecule has 0 aliphatic rings. The van der Waals surface area contributed by atoms with Crippen molar-refractivity contribution in [2.45, 2.75) is 13.0 Å². The van der Waals surface area contributed by atoms with Gasteiger partial charge < -0.3 is 15.5 Å². The molecule has 1 rings (SSSR count). The van der Waals surface area contributed by atoms with E-state index in [1.165, 1.54) is 13.0 Å². The van der Waals surface area contributed by atoms with Crippen LogP contribution in [0.5, 0.6) is 5.75 Å². The summed E-state index contributed by atoms with van der Waals surface area (Å²) in [6.45, 7) is 1.36. The summed E-state index contributed by atoms with van der Waals surface area (Å²) in [7, 11) is 0. The number of aliphatic hydroxyl groups is 1. The quantitative estimate of drug-likeness (QED) is 0.570. The lowest BCUT2D eigenvalue weighted by Crippen LogP contribution is -2.24. The molecule has 0 saturated carbocycles. The fraction of sp³-hybridized carbons (Fsp3) is 0.222. The van der Waals surface area contributed by atoms with E-state index in [4.69, 9.17) is 5.11 Å². The minimum atomic E-state index is -1.09. The van der Waals surface area contributed by atoms with E-state index in [-0.39, 0.29) is 5.75 Å². The molecule has 0 radical (unpaired) electrons. The second-order valence-electron chi connectivity index (χ2n) is 2.83. The number of hydrogen-bond donors (Lipinski definition) is 3. The van der Waals surface area contributed by atoms with Crippen LogP contribution in [-0.2, 0) is 4.79 Å². The van der Waals surface area contributed by atoms with Gasteiger partial charge in [-0.05, 0) is 47.7 Å². The van der Waals surface area contributed by atoms with Crippen LogP contribution in [0.15, 0.2) is 18.2 Å². The molecular weight excluding hydrogens is 297 g/mol. The summed E-state index contributed by atoms with van der Waals surface area (Å²) in [6.07, 6.45) is -1.09. The van der Waals surface area contributed by atoms with Gasteiger partial charge in [0, 0.05) is 3.57 Å². The number of rotatable bonds is 2. The standard InChI is InChI=1S/C9H10INO3/c1-5(12)9(14)11-7-3-2-6(10)4-8(7)13/h2-5,12-13H,1H3,(H,11,14)/t5-/m1/s1. The van der Waals surface area contributed by atoms with Gasteiger partial charge >= 0.3 is 0 Å². The van der Waals surface area contributed by atoms with Crippen molar-refractivity contribution in [1.82, 2.24) is 0 Å². The van der Waals surface area contributed by atoms with Crippen molar-refractivity contribution in [2.24, 2.45) is 0 Å². The van der Waals surface area contributed by atoms with Crippen molar-refractivity contribution in [3.8, 4) is 5.75 Å². The fourth-order valence-corrected chi connectivity index (χ4v) is 1.32. The van der Waals surface area contributed by atoms with Crippen LogP contribution in [0.1, 0.15) is 6.92 Å². The summed E-state index contributed by atoms with van der Waals surface area (Å²) in [5.41, 5.74) is 0.302. The van der Waals surface area contributed by atoms with Crippen molar-refractivity contribution >= 4 is 34.2 Å². The van der Waals surface area contributed by atoms with Gasteiger partial charge in [-0.2, -0.15) is 0 Å². The highest BCUT2D eigenvalue weighted by molar-refractivity contribution is 14.1. The Morgan fingerprint density at radius 1 is 1.57 bits per heavy atom. The predicted molar refractivity (Wildman–Crippen MR) is 61.1 cm³/mol. The molecular formula is C9H10INO3. The molecule has 0 aliphatic carbocycles. The van der Waals surface area contributed by atoms with Gasteiger partial charge in [0.15, 0.2) is 0 Å². The first-order chi connectivity index (χ1) is 6.50. The molecule has 0 heterocycles. The third kappa shape index (κ3) is 2.85. The van der Waals surface area contributed by atoms with Gasteiger partial charge in [0.2, 0.25) is 0 Å². The van der Waals surface area contributed by atoms with Crippen molar-refractivity contribution in [1.29, 1.82) is 0 Å². The van der Waals surface area contributed by atoms with Gasteiger partial charge in [0.1, 0.15) is 11.9 Å². The Balaban J connectivity index is 2.82. The zero-order chi connectivity index (χ0) is 10.7. The van der Waals surface area contributed by atoms with E-state index in [1.807, 2.05) is 22.6 Å². The molecule has 1 aromatic rings. The molecule has 0 aromatic heterocycles. The minimum absolute atomic E-state index is 0.00843. The minimum Gasteiger partial charge on any atom is -0.506 e. The van der Waals surface area contributed by atoms with Gasteiger partial charge in [-0.1, -0.05) is 0 Å². The first-order valence-corrected chi connectivity index (χ1v) is 5.06. The Hall–Kier alpha value is -0.820. The normalized spacial score (nSPS) is 12.2. The second-order valence-corrected chi connectivity index (χ2v) is 4.07. The maximum Gasteiger partial charge on any atom is 0.253 e. The molecule has 0 fully saturated rings. The summed E-state index contributed by atoms with van der Waals surface area (Å²) >= 11 is 2.05. The van der Waals surface area contributed by atoms with Gasteiger partial charge in [-0.25, -0.2) is 0 Å². The predicted octanol–water partition coefficient (Wildman–Crippen LogP) is 1.32. The number of benzene rings is 1. The van der Waals surface area contributed by atoms with E-state index in [1.54, 1.807) is 12.1 Å². The van der Waals surface area contributed by atoms with E-state index in [0.717, 1.165) is 3.57 Å². The molecule has 5 heteroatoms. The molecule has 76 valence electrons. The summed E-state index contributed by atoms with van der Waals surface area (Å²) in [5, 5.41) is 20.7.